The lowest BCUT2D eigenvalue weighted by Gasteiger charge is -2.26. The number of nitrogens with one attached hydrogen (secondary N) is 1. The molecule has 0 atom stereocenters. The second-order valence-corrected chi connectivity index (χ2v) is 7.72. The van der Waals surface area contributed by atoms with E-state index in [0.717, 1.165) is 25.7 Å². The number of sulfonamides is 1. The Morgan fingerprint density at radius 2 is 1.86 bits per heavy atom. The van der Waals surface area contributed by atoms with Crippen molar-refractivity contribution in [3.8, 4) is 0 Å². The fourth-order valence-corrected chi connectivity index (χ4v) is 4.19. The second kappa shape index (κ2) is 6.34. The van der Waals surface area contributed by atoms with Gasteiger partial charge in [0.25, 0.3) is 0 Å². The van der Waals surface area contributed by atoms with Crippen molar-refractivity contribution in [3.05, 3.63) is 23.8 Å². The number of nitrogen functional groups attached to an aromatic ring is 1. The second-order valence-electron chi connectivity index (χ2n) is 5.99. The van der Waals surface area contributed by atoms with E-state index in [9.17, 15) is 13.5 Å². The van der Waals surface area contributed by atoms with Gasteiger partial charge in [0.15, 0.2) is 0 Å². The van der Waals surface area contributed by atoms with Crippen molar-refractivity contribution in [2.75, 3.05) is 12.3 Å². The molecule has 1 aliphatic carbocycles. The summed E-state index contributed by atoms with van der Waals surface area (Å²) in [6, 6.07) is 4.71. The molecule has 118 valence electrons. The van der Waals surface area contributed by atoms with Gasteiger partial charge in [-0.2, -0.15) is 0 Å². The van der Waals surface area contributed by atoms with E-state index in [0.29, 0.717) is 24.1 Å². The van der Waals surface area contributed by atoms with E-state index >= 15 is 0 Å². The van der Waals surface area contributed by atoms with Crippen molar-refractivity contribution >= 4 is 15.7 Å². The van der Waals surface area contributed by atoms with Gasteiger partial charge in [-0.15, -0.1) is 0 Å². The van der Waals surface area contributed by atoms with Crippen LogP contribution in [-0.2, 0) is 10.0 Å². The predicted octanol–water partition coefficient (Wildman–Crippen LogP) is 1.94. The highest BCUT2D eigenvalue weighted by atomic mass is 32.2. The van der Waals surface area contributed by atoms with Crippen molar-refractivity contribution in [2.45, 2.75) is 55.9 Å². The largest absolute Gasteiger partial charge is 0.399 e. The molecular formula is C15H24N2O3S. The molecule has 0 spiro atoms. The quantitative estimate of drug-likeness (QED) is 0.585. The molecule has 0 unspecified atom stereocenters. The maximum atomic E-state index is 12.4. The minimum atomic E-state index is -3.62. The van der Waals surface area contributed by atoms with Crippen LogP contribution in [0.1, 0.15) is 44.1 Å². The molecule has 0 bridgehead atoms. The van der Waals surface area contributed by atoms with E-state index in [1.54, 1.807) is 19.1 Å². The third-order valence-corrected chi connectivity index (χ3v) is 5.68. The van der Waals surface area contributed by atoms with Crippen LogP contribution in [0.2, 0.25) is 0 Å². The average Bonchev–Trinajstić information content (AvgIpc) is 2.62. The van der Waals surface area contributed by atoms with Crippen LogP contribution >= 0.6 is 0 Å². The first-order valence-electron chi connectivity index (χ1n) is 7.41. The number of aryl methyl sites for hydroxylation is 1. The molecular weight excluding hydrogens is 288 g/mol. The Kier molecular flexibility index (Phi) is 4.91. The molecule has 4 N–H and O–H groups in total. The van der Waals surface area contributed by atoms with Crippen LogP contribution in [-0.4, -0.2) is 25.7 Å². The highest BCUT2D eigenvalue weighted by Crippen LogP contribution is 2.27. The number of anilines is 1. The van der Waals surface area contributed by atoms with Gasteiger partial charge in [0.2, 0.25) is 10.0 Å². The molecule has 1 aliphatic rings. The van der Waals surface area contributed by atoms with E-state index in [2.05, 4.69) is 4.72 Å². The van der Waals surface area contributed by atoms with Crippen LogP contribution in [0.3, 0.4) is 0 Å². The maximum Gasteiger partial charge on any atom is 0.240 e. The third kappa shape index (κ3) is 4.18. The van der Waals surface area contributed by atoms with Gasteiger partial charge >= 0.3 is 0 Å². The van der Waals surface area contributed by atoms with Crippen LogP contribution in [0.4, 0.5) is 5.69 Å². The molecule has 1 saturated carbocycles. The minimum Gasteiger partial charge on any atom is -0.399 e. The lowest BCUT2D eigenvalue weighted by atomic mass is 9.95. The normalized spacial score (nSPS) is 19.1. The summed E-state index contributed by atoms with van der Waals surface area (Å²) in [6.45, 7) is 1.78. The smallest absolute Gasteiger partial charge is 0.240 e. The highest BCUT2D eigenvalue weighted by molar-refractivity contribution is 7.89. The van der Waals surface area contributed by atoms with Gasteiger partial charge in [0.05, 0.1) is 10.5 Å². The molecule has 0 saturated heterocycles. The zero-order chi connectivity index (χ0) is 15.5. The van der Waals surface area contributed by atoms with Crippen LogP contribution < -0.4 is 10.5 Å². The first kappa shape index (κ1) is 16.3. The first-order valence-corrected chi connectivity index (χ1v) is 8.89. The Morgan fingerprint density at radius 1 is 1.24 bits per heavy atom. The molecule has 1 fully saturated rings. The maximum absolute atomic E-state index is 12.4. The Hall–Kier alpha value is -1.11. The average molecular weight is 312 g/mol. The summed E-state index contributed by atoms with van der Waals surface area (Å²) in [6.07, 6.45) is 5.39. The third-order valence-electron chi connectivity index (χ3n) is 4.11. The van der Waals surface area contributed by atoms with Crippen molar-refractivity contribution in [3.63, 3.8) is 0 Å². The Balaban J connectivity index is 2.10. The molecule has 2 rings (SSSR count). The number of nitrogens with two attached hydrogens (primary N) is 1. The highest BCUT2D eigenvalue weighted by Gasteiger charge is 2.30. The molecule has 1 aromatic carbocycles. The lowest BCUT2D eigenvalue weighted by molar-refractivity contribution is 0.0303. The summed E-state index contributed by atoms with van der Waals surface area (Å²) in [5, 5.41) is 10.5. The van der Waals surface area contributed by atoms with Crippen molar-refractivity contribution in [2.24, 2.45) is 0 Å². The number of benzene rings is 1. The lowest BCUT2D eigenvalue weighted by Crippen LogP contribution is -2.42. The van der Waals surface area contributed by atoms with Gasteiger partial charge < -0.3 is 10.8 Å². The van der Waals surface area contributed by atoms with Gasteiger partial charge in [-0.05, 0) is 43.5 Å². The van der Waals surface area contributed by atoms with Crippen molar-refractivity contribution < 1.29 is 13.5 Å². The zero-order valence-electron chi connectivity index (χ0n) is 12.4. The minimum absolute atomic E-state index is 0.0686. The first-order chi connectivity index (χ1) is 9.82. The fraction of sp³-hybridized carbons (Fsp3) is 0.600. The molecule has 5 nitrogen and oxygen atoms in total. The number of rotatable bonds is 4. The summed E-state index contributed by atoms with van der Waals surface area (Å²) in [5.41, 5.74) is 5.86. The SMILES string of the molecule is Cc1cc(N)ccc1S(=O)(=O)NCC1(O)CCCCCC1. The summed E-state index contributed by atoms with van der Waals surface area (Å²) < 4.78 is 27.3. The van der Waals surface area contributed by atoms with Crippen LogP contribution in [0.25, 0.3) is 0 Å². The Morgan fingerprint density at radius 3 is 2.43 bits per heavy atom. The molecule has 21 heavy (non-hydrogen) atoms. The molecule has 0 heterocycles. The topological polar surface area (TPSA) is 92.4 Å². The van der Waals surface area contributed by atoms with Crippen molar-refractivity contribution in [1.29, 1.82) is 0 Å². The van der Waals surface area contributed by atoms with Gasteiger partial charge in [-0.3, -0.25) is 0 Å². The van der Waals surface area contributed by atoms with Gasteiger partial charge in [-0.1, -0.05) is 25.7 Å². The van der Waals surface area contributed by atoms with Crippen molar-refractivity contribution in [1.82, 2.24) is 4.72 Å². The van der Waals surface area contributed by atoms with Gasteiger partial charge in [-0.25, -0.2) is 13.1 Å². The molecule has 0 aliphatic heterocycles. The standard InChI is InChI=1S/C15H24N2O3S/c1-12-10-13(16)6-7-14(12)21(19,20)17-11-15(18)8-4-2-3-5-9-15/h6-7,10,17-18H,2-5,8-9,11,16H2,1H3. The monoisotopic (exact) mass is 312 g/mol. The number of hydrogen-bond acceptors (Lipinski definition) is 4. The van der Waals surface area contributed by atoms with E-state index in [4.69, 9.17) is 5.73 Å². The predicted molar refractivity (Wildman–Crippen MR) is 83.4 cm³/mol. The zero-order valence-corrected chi connectivity index (χ0v) is 13.2. The molecule has 0 aromatic heterocycles. The van der Waals surface area contributed by atoms with Gasteiger partial charge in [0, 0.05) is 12.2 Å². The number of hydrogen-bond donors (Lipinski definition) is 3. The Bertz CT molecular complexity index is 591. The summed E-state index contributed by atoms with van der Waals surface area (Å²) >= 11 is 0. The number of aliphatic hydroxyl groups is 1. The summed E-state index contributed by atoms with van der Waals surface area (Å²) in [7, 11) is -3.62. The molecule has 0 radical (unpaired) electrons. The molecule has 1 aromatic rings. The van der Waals surface area contributed by atoms with Crippen LogP contribution in [0, 0.1) is 6.92 Å². The fourth-order valence-electron chi connectivity index (χ4n) is 2.84. The summed E-state index contributed by atoms with van der Waals surface area (Å²) in [4.78, 5) is 0.217. The van der Waals surface area contributed by atoms with Crippen LogP contribution in [0.15, 0.2) is 23.1 Å². The van der Waals surface area contributed by atoms with E-state index < -0.39 is 15.6 Å². The Labute approximate surface area is 126 Å². The van der Waals surface area contributed by atoms with Gasteiger partial charge in [0.1, 0.15) is 0 Å². The van der Waals surface area contributed by atoms with Crippen LogP contribution in [0.5, 0.6) is 0 Å². The van der Waals surface area contributed by atoms with E-state index in [1.165, 1.54) is 6.07 Å². The molecule has 6 heteroatoms. The van der Waals surface area contributed by atoms with E-state index in [1.807, 2.05) is 0 Å². The summed E-state index contributed by atoms with van der Waals surface area (Å²) in [5.74, 6) is 0. The molecule has 0 amide bonds. The van der Waals surface area contributed by atoms with E-state index in [-0.39, 0.29) is 11.4 Å².